The van der Waals surface area contributed by atoms with E-state index < -0.39 is 0 Å². The van der Waals surface area contributed by atoms with Crippen LogP contribution < -0.4 is 5.32 Å². The summed E-state index contributed by atoms with van der Waals surface area (Å²) in [5, 5.41) is 3.68. The Hall–Kier alpha value is -0.900. The predicted molar refractivity (Wildman–Crippen MR) is 88.7 cm³/mol. The van der Waals surface area contributed by atoms with Crippen LogP contribution in [-0.2, 0) is 4.74 Å². The van der Waals surface area contributed by atoms with Gasteiger partial charge in [-0.05, 0) is 39.3 Å². The van der Waals surface area contributed by atoms with Gasteiger partial charge in [0.15, 0.2) is 0 Å². The van der Waals surface area contributed by atoms with Crippen molar-refractivity contribution < 1.29 is 4.74 Å². The Morgan fingerprint density at radius 3 is 2.62 bits per heavy atom. The zero-order valence-electron chi connectivity index (χ0n) is 13.9. The van der Waals surface area contributed by atoms with Gasteiger partial charge in [-0.1, -0.05) is 36.8 Å². The molecule has 1 saturated heterocycles. The largest absolute Gasteiger partial charge is 0.374 e. The van der Waals surface area contributed by atoms with Crippen molar-refractivity contribution in [2.75, 3.05) is 26.2 Å². The average Bonchev–Trinajstić information content (AvgIpc) is 2.49. The average molecular weight is 290 g/mol. The van der Waals surface area contributed by atoms with Crippen molar-refractivity contribution in [2.24, 2.45) is 0 Å². The van der Waals surface area contributed by atoms with Gasteiger partial charge >= 0.3 is 0 Å². The van der Waals surface area contributed by atoms with Crippen LogP contribution in [0.2, 0.25) is 0 Å². The molecule has 3 heteroatoms. The molecule has 1 heterocycles. The molecule has 2 atom stereocenters. The summed E-state index contributed by atoms with van der Waals surface area (Å²) in [6, 6.07) is 9.73. The lowest BCUT2D eigenvalue weighted by molar-refractivity contribution is -0.0560. The van der Waals surface area contributed by atoms with E-state index in [1.807, 2.05) is 0 Å². The lowest BCUT2D eigenvalue weighted by Gasteiger charge is -2.39. The van der Waals surface area contributed by atoms with Crippen LogP contribution in [0.25, 0.3) is 0 Å². The Morgan fingerprint density at radius 2 is 2.00 bits per heavy atom. The van der Waals surface area contributed by atoms with E-state index in [0.717, 1.165) is 32.7 Å². The Labute approximate surface area is 129 Å². The van der Waals surface area contributed by atoms with Gasteiger partial charge in [-0.15, -0.1) is 0 Å². The summed E-state index contributed by atoms with van der Waals surface area (Å²) in [5.41, 5.74) is 2.64. The molecule has 0 radical (unpaired) electrons. The lowest BCUT2D eigenvalue weighted by atomic mass is 9.98. The second kappa shape index (κ2) is 7.92. The van der Waals surface area contributed by atoms with Crippen molar-refractivity contribution in [2.45, 2.75) is 52.3 Å². The zero-order valence-corrected chi connectivity index (χ0v) is 13.9. The fraction of sp³-hybridized carbons (Fsp3) is 0.667. The van der Waals surface area contributed by atoms with E-state index in [-0.39, 0.29) is 12.1 Å². The first-order valence-corrected chi connectivity index (χ1v) is 8.27. The Morgan fingerprint density at radius 1 is 1.29 bits per heavy atom. The van der Waals surface area contributed by atoms with Gasteiger partial charge in [0.2, 0.25) is 0 Å². The molecule has 118 valence electrons. The second-order valence-electron chi connectivity index (χ2n) is 6.34. The SMILES string of the molecule is CCCNC(c1ccc(C)cc1)C1CN(C(C)C)CCO1. The summed E-state index contributed by atoms with van der Waals surface area (Å²) in [7, 11) is 0. The maximum absolute atomic E-state index is 6.10. The minimum absolute atomic E-state index is 0.232. The number of hydrogen-bond donors (Lipinski definition) is 1. The molecule has 1 N–H and O–H groups in total. The van der Waals surface area contributed by atoms with Gasteiger partial charge in [0.05, 0.1) is 18.8 Å². The summed E-state index contributed by atoms with van der Waals surface area (Å²) in [4.78, 5) is 2.52. The normalized spacial score (nSPS) is 21.7. The van der Waals surface area contributed by atoms with Crippen molar-refractivity contribution in [3.05, 3.63) is 35.4 Å². The third-order valence-electron chi connectivity index (χ3n) is 4.28. The van der Waals surface area contributed by atoms with E-state index in [1.54, 1.807) is 0 Å². The van der Waals surface area contributed by atoms with Crippen LogP contribution in [0.4, 0.5) is 0 Å². The van der Waals surface area contributed by atoms with Gasteiger partial charge in [-0.25, -0.2) is 0 Å². The van der Waals surface area contributed by atoms with E-state index in [0.29, 0.717) is 6.04 Å². The summed E-state index contributed by atoms with van der Waals surface area (Å²) in [6.45, 7) is 12.8. The van der Waals surface area contributed by atoms with Gasteiger partial charge in [0, 0.05) is 19.1 Å². The summed E-state index contributed by atoms with van der Waals surface area (Å²) < 4.78 is 6.10. The molecule has 0 aliphatic carbocycles. The van der Waals surface area contributed by atoms with E-state index in [2.05, 4.69) is 62.2 Å². The highest BCUT2D eigenvalue weighted by molar-refractivity contribution is 5.25. The molecule has 1 aromatic rings. The minimum Gasteiger partial charge on any atom is -0.374 e. The molecule has 1 aromatic carbocycles. The van der Waals surface area contributed by atoms with Crippen LogP contribution in [0.1, 0.15) is 44.4 Å². The molecular formula is C18H30N2O. The van der Waals surface area contributed by atoms with E-state index in [1.165, 1.54) is 11.1 Å². The summed E-state index contributed by atoms with van der Waals surface area (Å²) in [6.07, 6.45) is 1.37. The van der Waals surface area contributed by atoms with Crippen LogP contribution in [-0.4, -0.2) is 43.3 Å². The summed E-state index contributed by atoms with van der Waals surface area (Å²) in [5.74, 6) is 0. The Kier molecular flexibility index (Phi) is 6.22. The first-order chi connectivity index (χ1) is 10.1. The molecule has 3 nitrogen and oxygen atoms in total. The fourth-order valence-electron chi connectivity index (χ4n) is 2.90. The number of hydrogen-bond acceptors (Lipinski definition) is 3. The smallest absolute Gasteiger partial charge is 0.0897 e. The van der Waals surface area contributed by atoms with Crippen molar-refractivity contribution in [3.8, 4) is 0 Å². The van der Waals surface area contributed by atoms with Crippen molar-refractivity contribution in [3.63, 3.8) is 0 Å². The molecule has 0 spiro atoms. The second-order valence-corrected chi connectivity index (χ2v) is 6.34. The topological polar surface area (TPSA) is 24.5 Å². The molecule has 1 aliphatic rings. The minimum atomic E-state index is 0.232. The monoisotopic (exact) mass is 290 g/mol. The van der Waals surface area contributed by atoms with E-state index in [4.69, 9.17) is 4.74 Å². The highest BCUT2D eigenvalue weighted by atomic mass is 16.5. The number of aryl methyl sites for hydroxylation is 1. The van der Waals surface area contributed by atoms with Crippen LogP contribution in [0.15, 0.2) is 24.3 Å². The number of benzene rings is 1. The number of rotatable bonds is 6. The standard InChI is InChI=1S/C18H30N2O/c1-5-10-19-18(16-8-6-15(4)7-9-16)17-13-20(14(2)3)11-12-21-17/h6-9,14,17-19H,5,10-13H2,1-4H3. The predicted octanol–water partition coefficient (Wildman–Crippen LogP) is 3.14. The van der Waals surface area contributed by atoms with Gasteiger partial charge in [-0.3, -0.25) is 4.90 Å². The summed E-state index contributed by atoms with van der Waals surface area (Å²) >= 11 is 0. The van der Waals surface area contributed by atoms with Gasteiger partial charge in [0.25, 0.3) is 0 Å². The molecular weight excluding hydrogens is 260 g/mol. The molecule has 2 unspecified atom stereocenters. The highest BCUT2D eigenvalue weighted by Gasteiger charge is 2.29. The molecule has 0 aromatic heterocycles. The van der Waals surface area contributed by atoms with Crippen molar-refractivity contribution >= 4 is 0 Å². The van der Waals surface area contributed by atoms with Crippen LogP contribution in [0.3, 0.4) is 0 Å². The number of morpholine rings is 1. The van der Waals surface area contributed by atoms with Crippen LogP contribution >= 0.6 is 0 Å². The van der Waals surface area contributed by atoms with Crippen LogP contribution in [0, 0.1) is 6.92 Å². The number of nitrogens with zero attached hydrogens (tertiary/aromatic N) is 1. The quantitative estimate of drug-likeness (QED) is 0.871. The first kappa shape index (κ1) is 16.5. The molecule has 2 rings (SSSR count). The fourth-order valence-corrected chi connectivity index (χ4v) is 2.90. The Balaban J connectivity index is 2.12. The molecule has 1 fully saturated rings. The first-order valence-electron chi connectivity index (χ1n) is 8.27. The lowest BCUT2D eigenvalue weighted by Crippen LogP contribution is -2.50. The van der Waals surface area contributed by atoms with E-state index in [9.17, 15) is 0 Å². The molecule has 1 aliphatic heterocycles. The van der Waals surface area contributed by atoms with Crippen molar-refractivity contribution in [1.82, 2.24) is 10.2 Å². The van der Waals surface area contributed by atoms with Crippen LogP contribution in [0.5, 0.6) is 0 Å². The zero-order chi connectivity index (χ0) is 15.2. The maximum atomic E-state index is 6.10. The number of ether oxygens (including phenoxy) is 1. The third-order valence-corrected chi connectivity index (χ3v) is 4.28. The van der Waals surface area contributed by atoms with Gasteiger partial charge in [0.1, 0.15) is 0 Å². The molecule has 21 heavy (non-hydrogen) atoms. The van der Waals surface area contributed by atoms with Gasteiger partial charge < -0.3 is 10.1 Å². The Bertz CT molecular complexity index is 416. The molecule has 0 amide bonds. The van der Waals surface area contributed by atoms with Crippen molar-refractivity contribution in [1.29, 1.82) is 0 Å². The maximum Gasteiger partial charge on any atom is 0.0897 e. The highest BCUT2D eigenvalue weighted by Crippen LogP contribution is 2.24. The third kappa shape index (κ3) is 4.53. The molecule has 0 saturated carbocycles. The number of nitrogens with one attached hydrogen (secondary N) is 1. The van der Waals surface area contributed by atoms with E-state index >= 15 is 0 Å². The van der Waals surface area contributed by atoms with Gasteiger partial charge in [-0.2, -0.15) is 0 Å². The molecule has 0 bridgehead atoms.